The molecule has 0 bridgehead atoms. The first-order chi connectivity index (χ1) is 11.0. The van der Waals surface area contributed by atoms with Crippen molar-refractivity contribution >= 4 is 11.6 Å². The van der Waals surface area contributed by atoms with Gasteiger partial charge in [-0.05, 0) is 49.4 Å². The van der Waals surface area contributed by atoms with Gasteiger partial charge in [-0.25, -0.2) is 0 Å². The number of aryl methyl sites for hydroxylation is 1. The van der Waals surface area contributed by atoms with Gasteiger partial charge < -0.3 is 15.7 Å². The van der Waals surface area contributed by atoms with E-state index in [-0.39, 0.29) is 11.3 Å². The Kier molecular flexibility index (Phi) is 5.64. The molecule has 1 aliphatic rings. The van der Waals surface area contributed by atoms with Crippen molar-refractivity contribution in [3.05, 3.63) is 35.5 Å². The molecule has 2 rings (SSSR count). The van der Waals surface area contributed by atoms with Crippen molar-refractivity contribution in [2.45, 2.75) is 45.6 Å². The van der Waals surface area contributed by atoms with Crippen LogP contribution in [-0.4, -0.2) is 17.1 Å². The first kappa shape index (κ1) is 16.9. The van der Waals surface area contributed by atoms with Gasteiger partial charge in [-0.3, -0.25) is 4.79 Å². The van der Waals surface area contributed by atoms with Crippen LogP contribution in [0.25, 0.3) is 0 Å². The summed E-state index contributed by atoms with van der Waals surface area (Å²) in [5.74, 6) is 0.240. The van der Waals surface area contributed by atoms with E-state index in [1.54, 1.807) is 19.1 Å². The smallest absolute Gasteiger partial charge is 0.267 e. The molecule has 23 heavy (non-hydrogen) atoms. The molecule has 0 saturated heterocycles. The Hall–Kier alpha value is -2.48. The van der Waals surface area contributed by atoms with E-state index in [1.165, 1.54) is 31.5 Å². The first-order valence-electron chi connectivity index (χ1n) is 7.98. The second kappa shape index (κ2) is 7.68. The minimum absolute atomic E-state index is 0.0512. The van der Waals surface area contributed by atoms with Crippen LogP contribution >= 0.6 is 0 Å². The number of aromatic hydroxyl groups is 1. The maximum absolute atomic E-state index is 12.2. The summed E-state index contributed by atoms with van der Waals surface area (Å²) in [5, 5.41) is 24.6. The molecular formula is C18H23N3O2. The summed E-state index contributed by atoms with van der Waals surface area (Å²) in [4.78, 5) is 12.2. The van der Waals surface area contributed by atoms with Crippen molar-refractivity contribution in [1.29, 1.82) is 5.26 Å². The number of hydrogen-bond donors (Lipinski definition) is 3. The fraction of sp³-hybridized carbons (Fsp3) is 0.444. The highest BCUT2D eigenvalue weighted by atomic mass is 16.3. The van der Waals surface area contributed by atoms with Gasteiger partial charge in [0.15, 0.2) is 0 Å². The van der Waals surface area contributed by atoms with Gasteiger partial charge in [0.2, 0.25) is 0 Å². The van der Waals surface area contributed by atoms with Crippen molar-refractivity contribution < 1.29 is 9.90 Å². The lowest BCUT2D eigenvalue weighted by Crippen LogP contribution is -2.34. The Balaban J connectivity index is 2.03. The average Bonchev–Trinajstić information content (AvgIpc) is 2.52. The van der Waals surface area contributed by atoms with Crippen molar-refractivity contribution in [3.63, 3.8) is 0 Å². The number of nitrogens with one attached hydrogen (secondary N) is 2. The number of phenolic OH excluding ortho intramolecular Hbond substituents is 1. The minimum atomic E-state index is -0.447. The van der Waals surface area contributed by atoms with Crippen LogP contribution in [0.2, 0.25) is 0 Å². The van der Waals surface area contributed by atoms with E-state index in [1.807, 2.05) is 6.07 Å². The molecule has 2 unspecified atom stereocenters. The summed E-state index contributed by atoms with van der Waals surface area (Å²) in [7, 11) is 0. The highest BCUT2D eigenvalue weighted by Crippen LogP contribution is 2.24. The summed E-state index contributed by atoms with van der Waals surface area (Å²) >= 11 is 0. The standard InChI is InChI=1S/C18H23N3O2/c1-12-5-3-4-6-16(12)20-11-14(10-19)18(23)21-17-8-7-15(22)9-13(17)2/h7-9,11-12,16,20,22H,3-6H2,1-2H3,(H,21,23)/b14-11-. The molecule has 0 heterocycles. The SMILES string of the molecule is Cc1cc(O)ccc1NC(=O)/C(C#N)=C\NC1CCCCC1C. The monoisotopic (exact) mass is 313 g/mol. The third-order valence-corrected chi connectivity index (χ3v) is 4.38. The number of rotatable bonds is 4. The summed E-state index contributed by atoms with van der Waals surface area (Å²) < 4.78 is 0. The van der Waals surface area contributed by atoms with E-state index in [4.69, 9.17) is 0 Å². The summed E-state index contributed by atoms with van der Waals surface area (Å²) in [6, 6.07) is 6.94. The molecule has 1 fully saturated rings. The molecule has 2 atom stereocenters. The fourth-order valence-electron chi connectivity index (χ4n) is 2.88. The second-order valence-corrected chi connectivity index (χ2v) is 6.16. The van der Waals surface area contributed by atoms with E-state index in [9.17, 15) is 15.2 Å². The molecule has 0 radical (unpaired) electrons. The number of carbonyl (C=O) groups is 1. The molecule has 1 amide bonds. The van der Waals surface area contributed by atoms with E-state index >= 15 is 0 Å². The highest BCUT2D eigenvalue weighted by molar-refractivity contribution is 6.06. The largest absolute Gasteiger partial charge is 0.508 e. The van der Waals surface area contributed by atoms with Gasteiger partial charge in [-0.15, -0.1) is 0 Å². The van der Waals surface area contributed by atoms with Crippen molar-refractivity contribution in [1.82, 2.24) is 5.32 Å². The van der Waals surface area contributed by atoms with Crippen LogP contribution in [0.3, 0.4) is 0 Å². The van der Waals surface area contributed by atoms with Gasteiger partial charge in [0.1, 0.15) is 17.4 Å². The molecule has 5 heteroatoms. The first-order valence-corrected chi connectivity index (χ1v) is 7.98. The Bertz CT molecular complexity index is 646. The summed E-state index contributed by atoms with van der Waals surface area (Å²) in [6.07, 6.45) is 6.18. The van der Waals surface area contributed by atoms with Crippen LogP contribution in [0, 0.1) is 24.2 Å². The zero-order chi connectivity index (χ0) is 16.8. The molecule has 0 aromatic heterocycles. The Labute approximate surface area is 137 Å². The Morgan fingerprint density at radius 1 is 1.39 bits per heavy atom. The number of hydrogen-bond acceptors (Lipinski definition) is 4. The third-order valence-electron chi connectivity index (χ3n) is 4.38. The fourth-order valence-corrected chi connectivity index (χ4v) is 2.88. The number of amides is 1. The number of nitriles is 1. The number of nitrogens with zero attached hydrogens (tertiary/aromatic N) is 1. The van der Waals surface area contributed by atoms with Crippen LogP contribution in [0.5, 0.6) is 5.75 Å². The van der Waals surface area contributed by atoms with Gasteiger partial charge in [0.05, 0.1) is 0 Å². The zero-order valence-corrected chi connectivity index (χ0v) is 13.6. The van der Waals surface area contributed by atoms with Crippen LogP contribution in [-0.2, 0) is 4.79 Å². The lowest BCUT2D eigenvalue weighted by Gasteiger charge is -2.29. The Morgan fingerprint density at radius 3 is 2.78 bits per heavy atom. The predicted molar refractivity (Wildman–Crippen MR) is 89.7 cm³/mol. The number of benzene rings is 1. The van der Waals surface area contributed by atoms with Crippen LogP contribution < -0.4 is 10.6 Å². The molecule has 1 aromatic rings. The van der Waals surface area contributed by atoms with Crippen molar-refractivity contribution in [2.24, 2.45) is 5.92 Å². The normalized spacial score (nSPS) is 21.3. The molecule has 1 aromatic carbocycles. The third kappa shape index (κ3) is 4.49. The highest BCUT2D eigenvalue weighted by Gasteiger charge is 2.20. The number of anilines is 1. The summed E-state index contributed by atoms with van der Waals surface area (Å²) in [6.45, 7) is 3.98. The van der Waals surface area contributed by atoms with E-state index < -0.39 is 5.91 Å². The number of carbonyl (C=O) groups excluding carboxylic acids is 1. The average molecular weight is 313 g/mol. The molecule has 5 nitrogen and oxygen atoms in total. The van der Waals surface area contributed by atoms with Gasteiger partial charge in [0.25, 0.3) is 5.91 Å². The molecule has 0 aliphatic heterocycles. The molecular weight excluding hydrogens is 290 g/mol. The molecule has 1 saturated carbocycles. The Morgan fingerprint density at radius 2 is 2.13 bits per heavy atom. The number of phenols is 1. The van der Waals surface area contributed by atoms with Gasteiger partial charge in [-0.2, -0.15) is 5.26 Å². The van der Waals surface area contributed by atoms with Gasteiger partial charge in [-0.1, -0.05) is 19.8 Å². The molecule has 3 N–H and O–H groups in total. The minimum Gasteiger partial charge on any atom is -0.508 e. The van der Waals surface area contributed by atoms with Crippen molar-refractivity contribution in [3.8, 4) is 11.8 Å². The predicted octanol–water partition coefficient (Wildman–Crippen LogP) is 3.21. The van der Waals surface area contributed by atoms with Gasteiger partial charge in [0, 0.05) is 17.9 Å². The lowest BCUT2D eigenvalue weighted by atomic mass is 9.86. The van der Waals surface area contributed by atoms with E-state index in [0.717, 1.165) is 12.0 Å². The maximum Gasteiger partial charge on any atom is 0.267 e. The second-order valence-electron chi connectivity index (χ2n) is 6.16. The molecule has 122 valence electrons. The molecule has 0 spiro atoms. The maximum atomic E-state index is 12.2. The molecule has 1 aliphatic carbocycles. The van der Waals surface area contributed by atoms with E-state index in [0.29, 0.717) is 17.6 Å². The van der Waals surface area contributed by atoms with E-state index in [2.05, 4.69) is 17.6 Å². The van der Waals surface area contributed by atoms with Crippen LogP contribution in [0.1, 0.15) is 38.2 Å². The van der Waals surface area contributed by atoms with Crippen LogP contribution in [0.4, 0.5) is 5.69 Å². The van der Waals surface area contributed by atoms with Gasteiger partial charge >= 0.3 is 0 Å². The quantitative estimate of drug-likeness (QED) is 0.452. The summed E-state index contributed by atoms with van der Waals surface area (Å²) in [5.41, 5.74) is 1.37. The van der Waals surface area contributed by atoms with Crippen LogP contribution in [0.15, 0.2) is 30.0 Å². The topological polar surface area (TPSA) is 85.2 Å². The lowest BCUT2D eigenvalue weighted by molar-refractivity contribution is -0.112. The zero-order valence-electron chi connectivity index (χ0n) is 13.6. The van der Waals surface area contributed by atoms with Crippen molar-refractivity contribution in [2.75, 3.05) is 5.32 Å².